The smallest absolute Gasteiger partial charge is 0.330 e. The van der Waals surface area contributed by atoms with Gasteiger partial charge in [0.1, 0.15) is 22.4 Å². The van der Waals surface area contributed by atoms with Crippen molar-refractivity contribution >= 4 is 58.5 Å². The molecule has 2 N–H and O–H groups in total. The minimum atomic E-state index is -1.60. The van der Waals surface area contributed by atoms with Gasteiger partial charge < -0.3 is 10.5 Å². The van der Waals surface area contributed by atoms with Gasteiger partial charge in [0.15, 0.2) is 0 Å². The molecule has 2 bridgehead atoms. The highest BCUT2D eigenvalue weighted by Gasteiger charge is 2.73. The fraction of sp³-hybridized carbons (Fsp3) is 0.241. The number of alkyl halides is 2. The molecule has 198 valence electrons. The molecule has 0 saturated carbocycles. The largest absolute Gasteiger partial charge is 0.459 e. The van der Waals surface area contributed by atoms with E-state index < -0.39 is 57.7 Å². The second kappa shape index (κ2) is 9.08. The topological polar surface area (TPSA) is 107 Å². The van der Waals surface area contributed by atoms with Crippen LogP contribution >= 0.6 is 34.8 Å². The van der Waals surface area contributed by atoms with Gasteiger partial charge >= 0.3 is 5.97 Å². The summed E-state index contributed by atoms with van der Waals surface area (Å²) >= 11 is 21.0. The maximum Gasteiger partial charge on any atom is 0.330 e. The number of esters is 1. The summed E-state index contributed by atoms with van der Waals surface area (Å²) in [6, 6.07) is 19.5. The van der Waals surface area contributed by atoms with Crippen LogP contribution in [-0.2, 0) is 40.3 Å². The molecular weight excluding hydrogens is 563 g/mol. The van der Waals surface area contributed by atoms with Gasteiger partial charge in [0.05, 0.1) is 18.3 Å². The third kappa shape index (κ3) is 3.50. The predicted octanol–water partition coefficient (Wildman–Crippen LogP) is 4.22. The lowest BCUT2D eigenvalue weighted by Gasteiger charge is -2.54. The van der Waals surface area contributed by atoms with Gasteiger partial charge in [-0.2, -0.15) is 0 Å². The van der Waals surface area contributed by atoms with Crippen LogP contribution in [0, 0.1) is 11.8 Å². The summed E-state index contributed by atoms with van der Waals surface area (Å²) in [5.41, 5.74) is 8.46. The number of benzene rings is 3. The number of nitrogens with two attached hydrogens (primary N) is 1. The molecule has 3 atom stereocenters. The first-order valence-electron chi connectivity index (χ1n) is 12.2. The molecule has 3 aromatic carbocycles. The molecule has 7 nitrogen and oxygen atoms in total. The van der Waals surface area contributed by atoms with Gasteiger partial charge in [-0.3, -0.25) is 19.3 Å². The SMILES string of the molecule is NC(=O)C[C@H](C(=O)OCc1ccccc1Cl)N1C(=O)[C@@H]2[C@@H](C1=O)C1(Cl)c3ccccc3C2(Cl)c2ccccc21. The molecule has 3 amide bonds. The van der Waals surface area contributed by atoms with Gasteiger partial charge in [-0.15, -0.1) is 23.2 Å². The summed E-state index contributed by atoms with van der Waals surface area (Å²) in [5.74, 6) is -5.53. The van der Waals surface area contributed by atoms with Crippen LogP contribution < -0.4 is 5.73 Å². The van der Waals surface area contributed by atoms with Crippen LogP contribution in [0.5, 0.6) is 0 Å². The third-order valence-electron chi connectivity index (χ3n) is 7.93. The summed E-state index contributed by atoms with van der Waals surface area (Å²) in [6.07, 6.45) is -0.622. The molecular formula is C29H21Cl3N2O5. The average molecular weight is 584 g/mol. The van der Waals surface area contributed by atoms with Crippen molar-refractivity contribution in [1.29, 1.82) is 0 Å². The molecule has 4 aliphatic rings. The zero-order chi connectivity index (χ0) is 27.7. The van der Waals surface area contributed by atoms with Gasteiger partial charge in [0.25, 0.3) is 0 Å². The Bertz CT molecular complexity index is 1450. The molecule has 1 aliphatic heterocycles. The summed E-state index contributed by atoms with van der Waals surface area (Å²) in [4.78, 5) is 51.6. The van der Waals surface area contributed by atoms with Crippen molar-refractivity contribution in [2.45, 2.75) is 28.8 Å². The number of carbonyl (C=O) groups excluding carboxylic acids is 4. The van der Waals surface area contributed by atoms with E-state index in [-0.39, 0.29) is 6.61 Å². The first-order chi connectivity index (χ1) is 18.6. The van der Waals surface area contributed by atoms with Gasteiger partial charge in [-0.1, -0.05) is 78.3 Å². The number of rotatable bonds is 6. The Balaban J connectivity index is 1.44. The number of ether oxygens (including phenoxy) is 1. The highest BCUT2D eigenvalue weighted by atomic mass is 35.5. The standard InChI is InChI=1S/C29H21Cl3N2O5/c30-20-12-6-1-7-15(20)14-39-27(38)21(13-22(33)35)34-25(36)23-24(26(34)37)29(32)17-9-3-2-8-16(17)28(23,31)18-10-4-5-11-19(18)29/h1-12,21,23-24H,13-14H2,(H2,33,35)/t21-,23+,24+,28?,29?/m1/s1. The van der Waals surface area contributed by atoms with Crippen molar-refractivity contribution < 1.29 is 23.9 Å². The van der Waals surface area contributed by atoms with E-state index in [9.17, 15) is 19.2 Å². The Morgan fingerprint density at radius 1 is 0.821 bits per heavy atom. The van der Waals surface area contributed by atoms with E-state index in [1.807, 2.05) is 0 Å². The number of likely N-dealkylation sites (tertiary alicyclic amines) is 1. The van der Waals surface area contributed by atoms with Crippen molar-refractivity contribution in [2.24, 2.45) is 17.6 Å². The first-order valence-corrected chi connectivity index (χ1v) is 13.4. The van der Waals surface area contributed by atoms with Crippen molar-refractivity contribution in [1.82, 2.24) is 4.90 Å². The maximum atomic E-state index is 14.1. The fourth-order valence-corrected chi connectivity index (χ4v) is 7.62. The van der Waals surface area contributed by atoms with E-state index in [1.165, 1.54) is 0 Å². The maximum absolute atomic E-state index is 14.1. The third-order valence-corrected chi connectivity index (χ3v) is 9.58. The molecule has 0 spiro atoms. The second-order valence-corrected chi connectivity index (χ2v) is 11.5. The molecule has 3 aromatic rings. The van der Waals surface area contributed by atoms with Crippen LogP contribution in [0.4, 0.5) is 0 Å². The number of imide groups is 1. The normalized spacial score (nSPS) is 27.0. The number of hydrogen-bond acceptors (Lipinski definition) is 5. The molecule has 1 fully saturated rings. The summed E-state index contributed by atoms with van der Waals surface area (Å²) < 4.78 is 5.43. The van der Waals surface area contributed by atoms with Gasteiger partial charge in [-0.25, -0.2) is 4.79 Å². The van der Waals surface area contributed by atoms with E-state index in [4.69, 9.17) is 45.3 Å². The Morgan fingerprint density at radius 2 is 1.26 bits per heavy atom. The first kappa shape index (κ1) is 25.9. The zero-order valence-electron chi connectivity index (χ0n) is 20.3. The zero-order valence-corrected chi connectivity index (χ0v) is 22.5. The average Bonchev–Trinajstić information content (AvgIpc) is 3.20. The Kier molecular flexibility index (Phi) is 6.02. The van der Waals surface area contributed by atoms with Crippen LogP contribution in [0.25, 0.3) is 0 Å². The molecule has 10 heteroatoms. The predicted molar refractivity (Wildman–Crippen MR) is 144 cm³/mol. The van der Waals surface area contributed by atoms with E-state index >= 15 is 0 Å². The van der Waals surface area contributed by atoms with Crippen LogP contribution in [0.15, 0.2) is 72.8 Å². The van der Waals surface area contributed by atoms with Crippen LogP contribution in [0.2, 0.25) is 5.02 Å². The summed E-state index contributed by atoms with van der Waals surface area (Å²) in [7, 11) is 0. The lowest BCUT2D eigenvalue weighted by molar-refractivity contribution is -0.160. The Hall–Kier alpha value is -3.39. The van der Waals surface area contributed by atoms with E-state index in [2.05, 4.69) is 0 Å². The van der Waals surface area contributed by atoms with Gasteiger partial charge in [-0.05, 0) is 28.3 Å². The monoisotopic (exact) mass is 582 g/mol. The minimum Gasteiger partial charge on any atom is -0.459 e. The lowest BCUT2D eigenvalue weighted by atomic mass is 9.54. The number of nitrogens with zero attached hydrogens (tertiary/aromatic N) is 1. The van der Waals surface area contributed by atoms with Crippen LogP contribution in [0.1, 0.15) is 34.2 Å². The van der Waals surface area contributed by atoms with Crippen molar-refractivity contribution in [3.8, 4) is 0 Å². The molecule has 0 radical (unpaired) electrons. The van der Waals surface area contributed by atoms with E-state index in [0.29, 0.717) is 32.8 Å². The van der Waals surface area contributed by atoms with Crippen molar-refractivity contribution in [3.05, 3.63) is 106 Å². The van der Waals surface area contributed by atoms with Crippen molar-refractivity contribution in [2.75, 3.05) is 0 Å². The molecule has 7 rings (SSSR count). The molecule has 39 heavy (non-hydrogen) atoms. The highest BCUT2D eigenvalue weighted by molar-refractivity contribution is 6.36. The molecule has 1 heterocycles. The molecule has 1 saturated heterocycles. The van der Waals surface area contributed by atoms with Gasteiger partial charge in [0, 0.05) is 10.6 Å². The number of primary amides is 1. The van der Waals surface area contributed by atoms with E-state index in [0.717, 1.165) is 4.90 Å². The highest BCUT2D eigenvalue weighted by Crippen LogP contribution is 2.69. The number of halogens is 3. The van der Waals surface area contributed by atoms with E-state index in [1.54, 1.807) is 72.8 Å². The van der Waals surface area contributed by atoms with Crippen LogP contribution in [0.3, 0.4) is 0 Å². The summed E-state index contributed by atoms with van der Waals surface area (Å²) in [5, 5.41) is 0.372. The second-order valence-electron chi connectivity index (χ2n) is 9.90. The Labute approximate surface area is 238 Å². The summed E-state index contributed by atoms with van der Waals surface area (Å²) in [6.45, 7) is -0.230. The van der Waals surface area contributed by atoms with Gasteiger partial charge in [0.2, 0.25) is 17.7 Å². The minimum absolute atomic E-state index is 0.230. The number of amides is 3. The number of hydrogen-bond donors (Lipinski definition) is 1. The van der Waals surface area contributed by atoms with Crippen LogP contribution in [-0.4, -0.2) is 34.6 Å². The molecule has 0 aromatic heterocycles. The van der Waals surface area contributed by atoms with Crippen molar-refractivity contribution in [3.63, 3.8) is 0 Å². The Morgan fingerprint density at radius 3 is 1.69 bits per heavy atom. The molecule has 0 unspecified atom stereocenters. The quantitative estimate of drug-likeness (QED) is 0.266. The lowest BCUT2D eigenvalue weighted by Crippen LogP contribution is -2.57. The fourth-order valence-electron chi connectivity index (χ4n) is 6.33. The number of carbonyl (C=O) groups is 4. The molecule has 3 aliphatic carbocycles.